The predicted octanol–water partition coefficient (Wildman–Crippen LogP) is 3.38. The number of benzene rings is 1. The molecule has 0 aliphatic carbocycles. The molecule has 2 rings (SSSR count). The summed E-state index contributed by atoms with van der Waals surface area (Å²) in [5, 5.41) is 10.00. The number of aliphatic hydroxyl groups excluding tert-OH is 1. The van der Waals surface area contributed by atoms with Crippen LogP contribution in [0.5, 0.6) is 0 Å². The number of carbonyl (C=O) groups excluding carboxylic acids is 2. The summed E-state index contributed by atoms with van der Waals surface area (Å²) in [5.74, 6) is 0. The molecule has 1 aliphatic rings. The fourth-order valence-corrected chi connectivity index (χ4v) is 3.04. The molecule has 0 bridgehead atoms. The van der Waals surface area contributed by atoms with Gasteiger partial charge in [-0.1, -0.05) is 61.7 Å². The van der Waals surface area contributed by atoms with Gasteiger partial charge in [-0.05, 0) is 17.5 Å². The average Bonchev–Trinajstić information content (AvgIpc) is 3.12. The molecule has 2 atom stereocenters. The first-order valence-corrected chi connectivity index (χ1v) is 9.44. The number of carbonyl (C=O) groups is 2. The molecule has 0 spiro atoms. The SMILES string of the molecule is C=CCOC(=O)N(C)CC=Cc1ccc([C@H]2C[C@@H](O)CN2C(=O)OCC=C)cc1. The molecule has 1 aromatic rings. The lowest BCUT2D eigenvalue weighted by Gasteiger charge is -2.23. The summed E-state index contributed by atoms with van der Waals surface area (Å²) in [5.41, 5.74) is 1.89. The number of nitrogens with zero attached hydrogens (tertiary/aromatic N) is 2. The maximum atomic E-state index is 12.2. The number of rotatable bonds is 8. The summed E-state index contributed by atoms with van der Waals surface area (Å²) in [4.78, 5) is 26.9. The highest BCUT2D eigenvalue weighted by atomic mass is 16.6. The van der Waals surface area contributed by atoms with Crippen LogP contribution in [0.2, 0.25) is 0 Å². The second kappa shape index (κ2) is 11.1. The Morgan fingerprint density at radius 2 is 1.86 bits per heavy atom. The van der Waals surface area contributed by atoms with Crippen molar-refractivity contribution in [2.45, 2.75) is 18.6 Å². The number of likely N-dealkylation sites (N-methyl/N-ethyl adjacent to an activating group) is 1. The summed E-state index contributed by atoms with van der Waals surface area (Å²) in [7, 11) is 1.66. The van der Waals surface area contributed by atoms with Crippen LogP contribution in [0, 0.1) is 0 Å². The Labute approximate surface area is 171 Å². The Kier molecular flexibility index (Phi) is 8.48. The number of ether oxygens (including phenoxy) is 2. The van der Waals surface area contributed by atoms with Gasteiger partial charge >= 0.3 is 12.2 Å². The monoisotopic (exact) mass is 400 g/mol. The van der Waals surface area contributed by atoms with Crippen LogP contribution in [0.15, 0.2) is 55.7 Å². The van der Waals surface area contributed by atoms with Crippen LogP contribution in [0.4, 0.5) is 9.59 Å². The van der Waals surface area contributed by atoms with E-state index in [0.717, 1.165) is 11.1 Å². The Morgan fingerprint density at radius 3 is 2.52 bits per heavy atom. The second-order valence-corrected chi connectivity index (χ2v) is 6.74. The van der Waals surface area contributed by atoms with Gasteiger partial charge < -0.3 is 19.5 Å². The highest BCUT2D eigenvalue weighted by Crippen LogP contribution is 2.32. The molecule has 1 N–H and O–H groups in total. The first-order chi connectivity index (χ1) is 14.0. The summed E-state index contributed by atoms with van der Waals surface area (Å²) in [6, 6.07) is 7.49. The first kappa shape index (κ1) is 22.2. The minimum Gasteiger partial charge on any atom is -0.445 e. The van der Waals surface area contributed by atoms with Crippen molar-refractivity contribution < 1.29 is 24.2 Å². The number of aliphatic hydroxyl groups is 1. The quantitative estimate of drug-likeness (QED) is 0.677. The number of hydrogen-bond acceptors (Lipinski definition) is 5. The zero-order chi connectivity index (χ0) is 21.2. The largest absolute Gasteiger partial charge is 0.445 e. The van der Waals surface area contributed by atoms with Gasteiger partial charge in [0.2, 0.25) is 0 Å². The van der Waals surface area contributed by atoms with Crippen molar-refractivity contribution in [2.24, 2.45) is 0 Å². The molecule has 1 heterocycles. The van der Waals surface area contributed by atoms with Crippen molar-refractivity contribution in [3.05, 3.63) is 66.8 Å². The highest BCUT2D eigenvalue weighted by Gasteiger charge is 2.36. The Bertz CT molecular complexity index is 744. The lowest BCUT2D eigenvalue weighted by molar-refractivity contribution is 0.102. The minimum atomic E-state index is -0.577. The lowest BCUT2D eigenvalue weighted by Crippen LogP contribution is -2.32. The number of β-amino-alcohol motifs (C(OH)–C–C–N with tert-alkyl or cyclic N) is 1. The summed E-state index contributed by atoms with van der Waals surface area (Å²) in [6.45, 7) is 8.02. The van der Waals surface area contributed by atoms with Crippen molar-refractivity contribution in [3.63, 3.8) is 0 Å². The van der Waals surface area contributed by atoms with Gasteiger partial charge in [0.05, 0.1) is 18.7 Å². The Hall–Kier alpha value is -3.06. The zero-order valence-electron chi connectivity index (χ0n) is 16.7. The van der Waals surface area contributed by atoms with E-state index in [9.17, 15) is 14.7 Å². The van der Waals surface area contributed by atoms with E-state index in [4.69, 9.17) is 9.47 Å². The number of hydrogen-bond donors (Lipinski definition) is 1. The van der Waals surface area contributed by atoms with Gasteiger partial charge in [-0.3, -0.25) is 4.90 Å². The van der Waals surface area contributed by atoms with E-state index in [2.05, 4.69) is 13.2 Å². The smallest absolute Gasteiger partial charge is 0.410 e. The molecule has 2 amide bonds. The van der Waals surface area contributed by atoms with Gasteiger partial charge in [0, 0.05) is 13.6 Å². The van der Waals surface area contributed by atoms with Crippen LogP contribution >= 0.6 is 0 Å². The standard InChI is InChI=1S/C22H28N2O5/c1-4-13-28-21(26)23(3)12-6-7-17-8-10-18(11-9-17)20-15-19(25)16-24(20)22(27)29-14-5-2/h4-11,19-20,25H,1-2,12-16H2,3H3/t19-,20-/m1/s1. The van der Waals surface area contributed by atoms with Crippen LogP contribution in [0.1, 0.15) is 23.6 Å². The van der Waals surface area contributed by atoms with Crippen molar-refractivity contribution >= 4 is 18.3 Å². The first-order valence-electron chi connectivity index (χ1n) is 9.44. The molecular weight excluding hydrogens is 372 g/mol. The molecule has 7 heteroatoms. The van der Waals surface area contributed by atoms with Crippen LogP contribution in [0.3, 0.4) is 0 Å². The molecule has 0 unspecified atom stereocenters. The van der Waals surface area contributed by atoms with E-state index in [1.165, 1.54) is 17.1 Å². The van der Waals surface area contributed by atoms with Crippen molar-refractivity contribution in [3.8, 4) is 0 Å². The van der Waals surface area contributed by atoms with Crippen molar-refractivity contribution in [2.75, 3.05) is 33.4 Å². The van der Waals surface area contributed by atoms with E-state index in [1.54, 1.807) is 11.9 Å². The van der Waals surface area contributed by atoms with Crippen molar-refractivity contribution in [1.82, 2.24) is 9.80 Å². The summed E-state index contributed by atoms with van der Waals surface area (Å²) >= 11 is 0. The van der Waals surface area contributed by atoms with Gasteiger partial charge in [-0.2, -0.15) is 0 Å². The van der Waals surface area contributed by atoms with Gasteiger partial charge in [-0.15, -0.1) is 0 Å². The number of likely N-dealkylation sites (tertiary alicyclic amines) is 1. The molecule has 0 aromatic heterocycles. The molecule has 156 valence electrons. The number of amides is 2. The van der Waals surface area contributed by atoms with E-state index >= 15 is 0 Å². The summed E-state index contributed by atoms with van der Waals surface area (Å²) in [6.07, 6.45) is 5.82. The molecule has 1 saturated heterocycles. The van der Waals surface area contributed by atoms with Gasteiger partial charge in [0.15, 0.2) is 0 Å². The van der Waals surface area contributed by atoms with Crippen LogP contribution in [-0.4, -0.2) is 66.5 Å². The van der Waals surface area contributed by atoms with Crippen LogP contribution in [-0.2, 0) is 9.47 Å². The average molecular weight is 400 g/mol. The third-order valence-corrected chi connectivity index (χ3v) is 4.49. The second-order valence-electron chi connectivity index (χ2n) is 6.74. The molecular formula is C22H28N2O5. The van der Waals surface area contributed by atoms with Crippen LogP contribution < -0.4 is 0 Å². The lowest BCUT2D eigenvalue weighted by atomic mass is 10.0. The molecule has 0 radical (unpaired) electrons. The fraction of sp³-hybridized carbons (Fsp3) is 0.364. The van der Waals surface area contributed by atoms with E-state index in [-0.39, 0.29) is 25.8 Å². The summed E-state index contributed by atoms with van der Waals surface area (Å²) < 4.78 is 10.1. The highest BCUT2D eigenvalue weighted by molar-refractivity contribution is 5.69. The Morgan fingerprint density at radius 1 is 1.21 bits per heavy atom. The van der Waals surface area contributed by atoms with E-state index in [1.807, 2.05) is 36.4 Å². The predicted molar refractivity (Wildman–Crippen MR) is 111 cm³/mol. The Balaban J connectivity index is 1.96. The molecule has 29 heavy (non-hydrogen) atoms. The molecule has 1 aromatic carbocycles. The zero-order valence-corrected chi connectivity index (χ0v) is 16.7. The maximum Gasteiger partial charge on any atom is 0.410 e. The third-order valence-electron chi connectivity index (χ3n) is 4.49. The van der Waals surface area contributed by atoms with Crippen molar-refractivity contribution in [1.29, 1.82) is 0 Å². The van der Waals surface area contributed by atoms with E-state index in [0.29, 0.717) is 13.0 Å². The fourth-order valence-electron chi connectivity index (χ4n) is 3.04. The molecule has 1 aliphatic heterocycles. The molecule has 7 nitrogen and oxygen atoms in total. The molecule has 0 saturated carbocycles. The molecule has 1 fully saturated rings. The minimum absolute atomic E-state index is 0.136. The van der Waals surface area contributed by atoms with Gasteiger partial charge in [-0.25, -0.2) is 9.59 Å². The van der Waals surface area contributed by atoms with Gasteiger partial charge in [0.25, 0.3) is 0 Å². The normalized spacial score (nSPS) is 18.5. The maximum absolute atomic E-state index is 12.2. The van der Waals surface area contributed by atoms with Crippen LogP contribution in [0.25, 0.3) is 6.08 Å². The topological polar surface area (TPSA) is 79.3 Å². The van der Waals surface area contributed by atoms with E-state index < -0.39 is 18.3 Å². The van der Waals surface area contributed by atoms with Gasteiger partial charge in [0.1, 0.15) is 13.2 Å². The third kappa shape index (κ3) is 6.50.